The van der Waals surface area contributed by atoms with Gasteiger partial charge in [0.05, 0.1) is 5.56 Å². The van der Waals surface area contributed by atoms with Crippen LogP contribution in [0.15, 0.2) is 18.2 Å². The van der Waals surface area contributed by atoms with Crippen molar-refractivity contribution < 1.29 is 13.2 Å². The van der Waals surface area contributed by atoms with E-state index in [2.05, 4.69) is 5.32 Å². The summed E-state index contributed by atoms with van der Waals surface area (Å²) in [6.45, 7) is 0.781. The Labute approximate surface area is 117 Å². The van der Waals surface area contributed by atoms with Gasteiger partial charge in [0.15, 0.2) is 0 Å². The molecule has 4 heteroatoms. The standard InChI is InChI=1S/C16H20F3N/c17-16(18,19)13-7-8-15-14(9-13)12(10-20-15)6-5-11-3-1-2-4-11/h7-9,11-12,20H,1-6,10H2. The average Bonchev–Trinajstić information content (AvgIpc) is 3.04. The summed E-state index contributed by atoms with van der Waals surface area (Å²) >= 11 is 0. The first-order valence-electron chi connectivity index (χ1n) is 7.49. The highest BCUT2D eigenvalue weighted by Crippen LogP contribution is 2.40. The molecule has 2 aliphatic rings. The maximum Gasteiger partial charge on any atom is 0.416 e. The first kappa shape index (κ1) is 13.8. The van der Waals surface area contributed by atoms with Crippen LogP contribution in [-0.2, 0) is 6.18 Å². The molecule has 3 rings (SSSR count). The van der Waals surface area contributed by atoms with E-state index in [0.717, 1.165) is 36.6 Å². The summed E-state index contributed by atoms with van der Waals surface area (Å²) in [5.74, 6) is 1.04. The minimum Gasteiger partial charge on any atom is -0.384 e. The largest absolute Gasteiger partial charge is 0.416 e. The summed E-state index contributed by atoms with van der Waals surface area (Å²) in [5, 5.41) is 3.24. The predicted molar refractivity (Wildman–Crippen MR) is 73.9 cm³/mol. The summed E-state index contributed by atoms with van der Waals surface area (Å²) in [4.78, 5) is 0. The van der Waals surface area contributed by atoms with E-state index in [1.807, 2.05) is 0 Å². The lowest BCUT2D eigenvalue weighted by Crippen LogP contribution is -2.07. The Hall–Kier alpha value is -1.19. The van der Waals surface area contributed by atoms with Crippen LogP contribution in [0.4, 0.5) is 18.9 Å². The van der Waals surface area contributed by atoms with Gasteiger partial charge in [-0.15, -0.1) is 0 Å². The summed E-state index contributed by atoms with van der Waals surface area (Å²) < 4.78 is 38.4. The highest BCUT2D eigenvalue weighted by Gasteiger charge is 2.33. The molecule has 1 fully saturated rings. The molecule has 1 N–H and O–H groups in total. The van der Waals surface area contributed by atoms with E-state index < -0.39 is 11.7 Å². The van der Waals surface area contributed by atoms with Gasteiger partial charge < -0.3 is 5.32 Å². The van der Waals surface area contributed by atoms with Gasteiger partial charge in [0.2, 0.25) is 0 Å². The number of alkyl halides is 3. The fourth-order valence-corrected chi connectivity index (χ4v) is 3.57. The number of hydrogen-bond donors (Lipinski definition) is 1. The third-order valence-electron chi connectivity index (χ3n) is 4.76. The van der Waals surface area contributed by atoms with Crippen LogP contribution in [0.1, 0.15) is 55.6 Å². The number of anilines is 1. The molecule has 1 saturated carbocycles. The van der Waals surface area contributed by atoms with Crippen molar-refractivity contribution in [1.82, 2.24) is 0 Å². The van der Waals surface area contributed by atoms with E-state index in [9.17, 15) is 13.2 Å². The van der Waals surface area contributed by atoms with Crippen LogP contribution in [0.25, 0.3) is 0 Å². The molecule has 1 atom stereocenters. The fraction of sp³-hybridized carbons (Fsp3) is 0.625. The lowest BCUT2D eigenvalue weighted by molar-refractivity contribution is -0.137. The molecule has 0 aromatic heterocycles. The Morgan fingerprint density at radius 2 is 1.85 bits per heavy atom. The van der Waals surface area contributed by atoms with Gasteiger partial charge in [0.25, 0.3) is 0 Å². The Balaban J connectivity index is 1.71. The number of benzene rings is 1. The van der Waals surface area contributed by atoms with Crippen LogP contribution in [-0.4, -0.2) is 6.54 Å². The molecule has 1 nitrogen and oxygen atoms in total. The van der Waals surface area contributed by atoms with Gasteiger partial charge in [-0.1, -0.05) is 25.7 Å². The molecule has 1 aliphatic heterocycles. The second kappa shape index (κ2) is 5.30. The van der Waals surface area contributed by atoms with Crippen LogP contribution in [0, 0.1) is 5.92 Å². The van der Waals surface area contributed by atoms with Gasteiger partial charge in [-0.2, -0.15) is 13.2 Å². The maximum atomic E-state index is 12.8. The molecule has 20 heavy (non-hydrogen) atoms. The lowest BCUT2D eigenvalue weighted by atomic mass is 9.90. The molecular weight excluding hydrogens is 263 g/mol. The van der Waals surface area contributed by atoms with E-state index in [1.54, 1.807) is 6.07 Å². The number of hydrogen-bond acceptors (Lipinski definition) is 1. The van der Waals surface area contributed by atoms with Crippen molar-refractivity contribution in [3.63, 3.8) is 0 Å². The average molecular weight is 283 g/mol. The first-order chi connectivity index (χ1) is 9.54. The summed E-state index contributed by atoms with van der Waals surface area (Å²) in [6.07, 6.45) is 3.16. The van der Waals surface area contributed by atoms with Crippen molar-refractivity contribution in [3.8, 4) is 0 Å². The summed E-state index contributed by atoms with van der Waals surface area (Å²) in [7, 11) is 0. The predicted octanol–water partition coefficient (Wildman–Crippen LogP) is 5.18. The fourth-order valence-electron chi connectivity index (χ4n) is 3.57. The number of nitrogens with one attached hydrogen (secondary N) is 1. The Morgan fingerprint density at radius 3 is 2.55 bits per heavy atom. The second-order valence-corrected chi connectivity index (χ2v) is 6.11. The molecule has 1 unspecified atom stereocenters. The van der Waals surface area contributed by atoms with Gasteiger partial charge >= 0.3 is 6.18 Å². The molecule has 0 radical (unpaired) electrons. The molecule has 1 aromatic rings. The summed E-state index contributed by atoms with van der Waals surface area (Å²) in [6, 6.07) is 4.09. The van der Waals surface area contributed by atoms with E-state index >= 15 is 0 Å². The molecule has 1 heterocycles. The van der Waals surface area contributed by atoms with Gasteiger partial charge in [-0.25, -0.2) is 0 Å². The molecule has 0 amide bonds. The van der Waals surface area contributed by atoms with Crippen molar-refractivity contribution in [2.75, 3.05) is 11.9 Å². The van der Waals surface area contributed by atoms with Gasteiger partial charge in [-0.05, 0) is 42.5 Å². The van der Waals surface area contributed by atoms with Crippen LogP contribution in [0.5, 0.6) is 0 Å². The van der Waals surface area contributed by atoms with Crippen LogP contribution < -0.4 is 5.32 Å². The minimum atomic E-state index is -4.24. The van der Waals surface area contributed by atoms with Crippen LogP contribution in [0.2, 0.25) is 0 Å². The highest BCUT2D eigenvalue weighted by molar-refractivity contribution is 5.59. The quantitative estimate of drug-likeness (QED) is 0.805. The Kier molecular flexibility index (Phi) is 3.65. The summed E-state index contributed by atoms with van der Waals surface area (Å²) in [5.41, 5.74) is 1.22. The topological polar surface area (TPSA) is 12.0 Å². The van der Waals surface area contributed by atoms with E-state index in [1.165, 1.54) is 37.8 Å². The van der Waals surface area contributed by atoms with Crippen molar-refractivity contribution in [1.29, 1.82) is 0 Å². The molecule has 1 aromatic carbocycles. The van der Waals surface area contributed by atoms with Gasteiger partial charge in [0, 0.05) is 18.2 Å². The van der Waals surface area contributed by atoms with Crippen molar-refractivity contribution in [2.45, 2.75) is 50.6 Å². The van der Waals surface area contributed by atoms with E-state index in [0.29, 0.717) is 0 Å². The smallest absolute Gasteiger partial charge is 0.384 e. The number of fused-ring (bicyclic) bond motifs is 1. The third kappa shape index (κ3) is 2.79. The molecule has 0 spiro atoms. The lowest BCUT2D eigenvalue weighted by Gasteiger charge is -2.15. The molecule has 1 aliphatic carbocycles. The second-order valence-electron chi connectivity index (χ2n) is 6.11. The zero-order valence-corrected chi connectivity index (χ0v) is 11.5. The van der Waals surface area contributed by atoms with Gasteiger partial charge in [0.1, 0.15) is 0 Å². The molecule has 0 saturated heterocycles. The monoisotopic (exact) mass is 283 g/mol. The Bertz CT molecular complexity index is 475. The Morgan fingerprint density at radius 1 is 1.10 bits per heavy atom. The van der Waals surface area contributed by atoms with Crippen LogP contribution >= 0.6 is 0 Å². The van der Waals surface area contributed by atoms with Crippen molar-refractivity contribution in [2.24, 2.45) is 5.92 Å². The van der Waals surface area contributed by atoms with Gasteiger partial charge in [-0.3, -0.25) is 0 Å². The zero-order chi connectivity index (χ0) is 14.2. The SMILES string of the molecule is FC(F)(F)c1ccc2c(c1)C(CCC1CCCC1)CN2. The number of halogens is 3. The number of rotatable bonds is 3. The third-order valence-corrected chi connectivity index (χ3v) is 4.76. The van der Waals surface area contributed by atoms with E-state index in [4.69, 9.17) is 0 Å². The minimum absolute atomic E-state index is 0.243. The highest BCUT2D eigenvalue weighted by atomic mass is 19.4. The first-order valence-corrected chi connectivity index (χ1v) is 7.49. The molecule has 110 valence electrons. The van der Waals surface area contributed by atoms with Crippen molar-refractivity contribution >= 4 is 5.69 Å². The van der Waals surface area contributed by atoms with Crippen molar-refractivity contribution in [3.05, 3.63) is 29.3 Å². The van der Waals surface area contributed by atoms with Crippen LogP contribution in [0.3, 0.4) is 0 Å². The normalized spacial score (nSPS) is 22.9. The molecular formula is C16H20F3N. The zero-order valence-electron chi connectivity index (χ0n) is 11.5. The molecule has 0 bridgehead atoms. The van der Waals surface area contributed by atoms with E-state index in [-0.39, 0.29) is 5.92 Å². The maximum absolute atomic E-state index is 12.8.